The Balaban J connectivity index is 1.50. The van der Waals surface area contributed by atoms with E-state index in [1.807, 2.05) is 12.1 Å². The number of hydrogen-bond acceptors (Lipinski definition) is 1. The van der Waals surface area contributed by atoms with Crippen LogP contribution in [0.4, 0.5) is 8.78 Å². The number of hydrogen-bond donors (Lipinski definition) is 1. The summed E-state index contributed by atoms with van der Waals surface area (Å²) in [5, 5.41) is 4.07. The van der Waals surface area contributed by atoms with Gasteiger partial charge in [-0.05, 0) is 42.5 Å². The van der Waals surface area contributed by atoms with E-state index in [1.165, 1.54) is 17.7 Å². The number of benzene rings is 2. The molecule has 0 aliphatic heterocycles. The monoisotopic (exact) mass is 307 g/mol. The molecular weight excluding hydrogens is 292 g/mol. The minimum atomic E-state index is -0.539. The molecule has 0 radical (unpaired) electrons. The Morgan fingerprint density at radius 1 is 1.05 bits per heavy atom. The maximum absolute atomic E-state index is 13.5. The lowest BCUT2D eigenvalue weighted by molar-refractivity contribution is 0.288. The Morgan fingerprint density at radius 2 is 1.76 bits per heavy atom. The molecule has 2 aromatic carbocycles. The van der Waals surface area contributed by atoms with Crippen molar-refractivity contribution in [2.75, 3.05) is 0 Å². The molecule has 1 fully saturated rings. The van der Waals surface area contributed by atoms with E-state index >= 15 is 0 Å². The molecule has 0 unspecified atom stereocenters. The van der Waals surface area contributed by atoms with Gasteiger partial charge in [0.05, 0.1) is 0 Å². The first kappa shape index (κ1) is 14.5. The highest BCUT2D eigenvalue weighted by atomic mass is 35.5. The normalized spacial score (nSPS) is 21.1. The molecule has 21 heavy (non-hydrogen) atoms. The van der Waals surface area contributed by atoms with E-state index in [0.29, 0.717) is 24.1 Å². The second kappa shape index (κ2) is 6.12. The fraction of sp³-hybridized carbons (Fsp3) is 0.294. The van der Waals surface area contributed by atoms with Crippen LogP contribution in [-0.4, -0.2) is 6.04 Å². The third kappa shape index (κ3) is 3.42. The van der Waals surface area contributed by atoms with Crippen LogP contribution in [0.5, 0.6) is 0 Å². The van der Waals surface area contributed by atoms with E-state index in [1.54, 1.807) is 0 Å². The lowest BCUT2D eigenvalue weighted by Gasteiger charge is -2.36. The third-order valence-electron chi connectivity index (χ3n) is 4.08. The van der Waals surface area contributed by atoms with Gasteiger partial charge in [-0.25, -0.2) is 8.78 Å². The van der Waals surface area contributed by atoms with E-state index in [0.717, 1.165) is 23.9 Å². The van der Waals surface area contributed by atoms with Crippen molar-refractivity contribution >= 4 is 11.6 Å². The molecule has 0 bridgehead atoms. The average molecular weight is 308 g/mol. The highest BCUT2D eigenvalue weighted by Crippen LogP contribution is 2.37. The van der Waals surface area contributed by atoms with Crippen molar-refractivity contribution in [2.45, 2.75) is 31.3 Å². The van der Waals surface area contributed by atoms with Crippen LogP contribution in [0.3, 0.4) is 0 Å². The first-order valence-corrected chi connectivity index (χ1v) is 7.42. The van der Waals surface area contributed by atoms with Gasteiger partial charge in [0.1, 0.15) is 11.6 Å². The van der Waals surface area contributed by atoms with E-state index in [9.17, 15) is 8.78 Å². The van der Waals surface area contributed by atoms with Crippen LogP contribution in [0, 0.1) is 11.6 Å². The lowest BCUT2D eigenvalue weighted by atomic mass is 9.76. The van der Waals surface area contributed by atoms with Gasteiger partial charge in [0.15, 0.2) is 0 Å². The van der Waals surface area contributed by atoms with Crippen molar-refractivity contribution in [2.24, 2.45) is 0 Å². The zero-order valence-electron chi connectivity index (χ0n) is 11.5. The Bertz CT molecular complexity index is 621. The summed E-state index contributed by atoms with van der Waals surface area (Å²) in [6, 6.07) is 12.0. The molecule has 0 atom stereocenters. The van der Waals surface area contributed by atoms with Crippen LogP contribution in [-0.2, 0) is 6.54 Å². The molecule has 3 rings (SSSR count). The summed E-state index contributed by atoms with van der Waals surface area (Å²) in [4.78, 5) is 0. The molecule has 0 amide bonds. The second-order valence-electron chi connectivity index (χ2n) is 5.53. The summed E-state index contributed by atoms with van der Waals surface area (Å²) in [7, 11) is 0. The Labute approximate surface area is 127 Å². The van der Waals surface area contributed by atoms with Crippen LogP contribution in [0.25, 0.3) is 0 Å². The summed E-state index contributed by atoms with van der Waals surface area (Å²) in [5.74, 6) is -0.489. The van der Waals surface area contributed by atoms with Crippen molar-refractivity contribution in [3.8, 4) is 0 Å². The molecule has 1 saturated carbocycles. The van der Waals surface area contributed by atoms with Crippen molar-refractivity contribution < 1.29 is 8.78 Å². The zero-order valence-corrected chi connectivity index (χ0v) is 12.2. The van der Waals surface area contributed by atoms with Gasteiger partial charge in [0.25, 0.3) is 0 Å². The van der Waals surface area contributed by atoms with Gasteiger partial charge in [0.2, 0.25) is 0 Å². The zero-order chi connectivity index (χ0) is 14.8. The number of halogens is 3. The molecule has 1 aliphatic rings. The highest BCUT2D eigenvalue weighted by Gasteiger charge is 2.29. The molecule has 1 aliphatic carbocycles. The smallest absolute Gasteiger partial charge is 0.130 e. The van der Waals surface area contributed by atoms with E-state index in [2.05, 4.69) is 17.4 Å². The fourth-order valence-electron chi connectivity index (χ4n) is 2.71. The van der Waals surface area contributed by atoms with Crippen molar-refractivity contribution in [3.63, 3.8) is 0 Å². The SMILES string of the molecule is Fc1ccc(CNC2CC(c3ccc(Cl)cc3)C2)c(F)c1. The van der Waals surface area contributed by atoms with Crippen LogP contribution >= 0.6 is 11.6 Å². The molecule has 0 aromatic heterocycles. The highest BCUT2D eigenvalue weighted by molar-refractivity contribution is 6.30. The van der Waals surface area contributed by atoms with Gasteiger partial charge in [0, 0.05) is 29.2 Å². The maximum atomic E-state index is 13.5. The summed E-state index contributed by atoms with van der Waals surface area (Å²) in [6.07, 6.45) is 2.06. The molecule has 1 nitrogen and oxygen atoms in total. The van der Waals surface area contributed by atoms with Crippen molar-refractivity contribution in [3.05, 3.63) is 70.2 Å². The molecule has 1 N–H and O–H groups in total. The summed E-state index contributed by atoms with van der Waals surface area (Å²) in [6.45, 7) is 0.435. The van der Waals surface area contributed by atoms with E-state index < -0.39 is 11.6 Å². The van der Waals surface area contributed by atoms with Gasteiger partial charge in [-0.15, -0.1) is 0 Å². The minimum absolute atomic E-state index is 0.384. The molecular formula is C17H16ClF2N. The van der Waals surface area contributed by atoms with Crippen LogP contribution in [0.2, 0.25) is 5.02 Å². The lowest BCUT2D eigenvalue weighted by Crippen LogP contribution is -2.39. The molecule has 0 heterocycles. The molecule has 2 aromatic rings. The van der Waals surface area contributed by atoms with Gasteiger partial charge < -0.3 is 5.32 Å². The summed E-state index contributed by atoms with van der Waals surface area (Å²) in [5.41, 5.74) is 1.80. The Kier molecular flexibility index (Phi) is 4.22. The first-order chi connectivity index (χ1) is 10.1. The van der Waals surface area contributed by atoms with E-state index in [-0.39, 0.29) is 0 Å². The van der Waals surface area contributed by atoms with Crippen LogP contribution < -0.4 is 5.32 Å². The second-order valence-corrected chi connectivity index (χ2v) is 5.97. The number of nitrogens with one attached hydrogen (secondary N) is 1. The quantitative estimate of drug-likeness (QED) is 0.866. The van der Waals surface area contributed by atoms with Gasteiger partial charge >= 0.3 is 0 Å². The topological polar surface area (TPSA) is 12.0 Å². The Hall–Kier alpha value is -1.45. The first-order valence-electron chi connectivity index (χ1n) is 7.04. The van der Waals surface area contributed by atoms with E-state index in [4.69, 9.17) is 11.6 Å². The van der Waals surface area contributed by atoms with Crippen molar-refractivity contribution in [1.29, 1.82) is 0 Å². The largest absolute Gasteiger partial charge is 0.310 e. The van der Waals surface area contributed by atoms with Gasteiger partial charge in [-0.1, -0.05) is 29.8 Å². The minimum Gasteiger partial charge on any atom is -0.310 e. The van der Waals surface area contributed by atoms with Gasteiger partial charge in [-0.2, -0.15) is 0 Å². The fourth-order valence-corrected chi connectivity index (χ4v) is 2.84. The predicted octanol–water partition coefficient (Wildman–Crippen LogP) is 4.65. The standard InChI is InChI=1S/C17H16ClF2N/c18-14-4-1-11(2-5-14)13-7-16(8-13)21-10-12-3-6-15(19)9-17(12)20/h1-6,9,13,16,21H,7-8,10H2. The van der Waals surface area contributed by atoms with Crippen LogP contribution in [0.15, 0.2) is 42.5 Å². The average Bonchev–Trinajstić information content (AvgIpc) is 2.41. The van der Waals surface area contributed by atoms with Gasteiger partial charge in [-0.3, -0.25) is 0 Å². The molecule has 0 saturated heterocycles. The van der Waals surface area contributed by atoms with Crippen molar-refractivity contribution in [1.82, 2.24) is 5.32 Å². The number of rotatable bonds is 4. The van der Waals surface area contributed by atoms with Crippen LogP contribution in [0.1, 0.15) is 29.9 Å². The molecule has 4 heteroatoms. The predicted molar refractivity (Wildman–Crippen MR) is 80.4 cm³/mol. The molecule has 110 valence electrons. The maximum Gasteiger partial charge on any atom is 0.130 e. The molecule has 0 spiro atoms. The summed E-state index contributed by atoms with van der Waals surface area (Å²) < 4.78 is 26.3. The summed E-state index contributed by atoms with van der Waals surface area (Å²) >= 11 is 5.88. The Morgan fingerprint density at radius 3 is 2.43 bits per heavy atom. The third-order valence-corrected chi connectivity index (χ3v) is 4.33.